The maximum absolute atomic E-state index is 11.5. The summed E-state index contributed by atoms with van der Waals surface area (Å²) in [5.41, 5.74) is 2.69. The number of para-hydroxylation sites is 1. The van der Waals surface area contributed by atoms with Gasteiger partial charge in [-0.2, -0.15) is 0 Å². The number of aliphatic imine (C=N–C) groups is 1. The Balaban J connectivity index is 1.50. The van der Waals surface area contributed by atoms with Gasteiger partial charge in [-0.1, -0.05) is 30.3 Å². The first kappa shape index (κ1) is 19.7. The molecule has 2 aromatic rings. The summed E-state index contributed by atoms with van der Waals surface area (Å²) in [5.74, 6) is 2.02. The molecule has 0 radical (unpaired) electrons. The molecule has 3 rings (SSSR count). The summed E-state index contributed by atoms with van der Waals surface area (Å²) in [6, 6.07) is 15.4. The number of carbonyl (C=O) groups is 1. The number of carbonyl (C=O) groups excluding carboxylic acids is 1. The van der Waals surface area contributed by atoms with Crippen LogP contribution >= 0.6 is 0 Å². The number of nitrogens with one attached hydrogen (secondary N) is 2. The molecule has 0 aliphatic heterocycles. The fourth-order valence-electron chi connectivity index (χ4n) is 2.74. The van der Waals surface area contributed by atoms with Crippen LogP contribution in [0.5, 0.6) is 5.75 Å². The average Bonchev–Trinajstić information content (AvgIpc) is 3.57. The number of ether oxygens (including phenoxy) is 2. The molecule has 1 fully saturated rings. The second-order valence-electron chi connectivity index (χ2n) is 6.83. The van der Waals surface area contributed by atoms with Gasteiger partial charge in [-0.05, 0) is 42.5 Å². The Morgan fingerprint density at radius 1 is 1.07 bits per heavy atom. The van der Waals surface area contributed by atoms with Crippen molar-refractivity contribution >= 4 is 11.9 Å². The van der Waals surface area contributed by atoms with E-state index in [-0.39, 0.29) is 5.97 Å². The van der Waals surface area contributed by atoms with E-state index in [1.165, 1.54) is 20.0 Å². The highest BCUT2D eigenvalue weighted by atomic mass is 16.5. The number of hydrogen-bond acceptors (Lipinski definition) is 4. The monoisotopic (exact) mass is 381 g/mol. The molecule has 6 nitrogen and oxygen atoms in total. The van der Waals surface area contributed by atoms with Gasteiger partial charge in [-0.15, -0.1) is 0 Å². The lowest BCUT2D eigenvalue weighted by Crippen LogP contribution is -2.36. The van der Waals surface area contributed by atoms with E-state index in [1.54, 1.807) is 19.2 Å². The van der Waals surface area contributed by atoms with E-state index in [2.05, 4.69) is 21.7 Å². The average molecular weight is 381 g/mol. The first-order chi connectivity index (χ1) is 13.7. The topological polar surface area (TPSA) is 72.0 Å². The zero-order valence-electron chi connectivity index (χ0n) is 16.4. The first-order valence-electron chi connectivity index (χ1n) is 9.52. The molecule has 1 saturated carbocycles. The minimum absolute atomic E-state index is 0.334. The highest BCUT2D eigenvalue weighted by Gasteiger charge is 2.22. The SMILES string of the molecule is CN=C(NCc1ccc(C(=O)OC)cc1)NCc1ccccc1OCC1CC1. The summed E-state index contributed by atoms with van der Waals surface area (Å²) in [6.07, 6.45) is 2.55. The minimum Gasteiger partial charge on any atom is -0.493 e. The predicted molar refractivity (Wildman–Crippen MR) is 109 cm³/mol. The standard InChI is InChI=1S/C22H27N3O3/c1-23-22(24-13-16-9-11-18(12-10-16)21(26)27-2)25-14-19-5-3-4-6-20(19)28-15-17-7-8-17/h3-6,9-12,17H,7-8,13-15H2,1-2H3,(H2,23,24,25). The van der Waals surface area contributed by atoms with E-state index in [4.69, 9.17) is 9.47 Å². The van der Waals surface area contributed by atoms with Crippen molar-refractivity contribution in [1.29, 1.82) is 0 Å². The van der Waals surface area contributed by atoms with Crippen molar-refractivity contribution < 1.29 is 14.3 Å². The Kier molecular flexibility index (Phi) is 6.89. The molecular formula is C22H27N3O3. The second kappa shape index (κ2) is 9.78. The highest BCUT2D eigenvalue weighted by molar-refractivity contribution is 5.89. The molecule has 2 aromatic carbocycles. The van der Waals surface area contributed by atoms with Gasteiger partial charge >= 0.3 is 5.97 Å². The number of benzene rings is 2. The van der Waals surface area contributed by atoms with Gasteiger partial charge in [0.2, 0.25) is 0 Å². The third-order valence-corrected chi connectivity index (χ3v) is 4.65. The molecular weight excluding hydrogens is 354 g/mol. The van der Waals surface area contributed by atoms with Crippen molar-refractivity contribution in [1.82, 2.24) is 10.6 Å². The van der Waals surface area contributed by atoms with Crippen LogP contribution in [0, 0.1) is 5.92 Å². The van der Waals surface area contributed by atoms with E-state index in [0.29, 0.717) is 24.6 Å². The van der Waals surface area contributed by atoms with Crippen LogP contribution in [0.4, 0.5) is 0 Å². The van der Waals surface area contributed by atoms with Gasteiger partial charge in [0, 0.05) is 25.7 Å². The zero-order valence-corrected chi connectivity index (χ0v) is 16.4. The van der Waals surface area contributed by atoms with Crippen molar-refractivity contribution in [2.75, 3.05) is 20.8 Å². The molecule has 0 bridgehead atoms. The van der Waals surface area contributed by atoms with Crippen LogP contribution in [0.3, 0.4) is 0 Å². The normalized spacial score (nSPS) is 13.7. The van der Waals surface area contributed by atoms with Crippen LogP contribution in [-0.2, 0) is 17.8 Å². The fourth-order valence-corrected chi connectivity index (χ4v) is 2.74. The number of methoxy groups -OCH3 is 1. The molecule has 0 unspecified atom stereocenters. The Morgan fingerprint density at radius 3 is 2.46 bits per heavy atom. The smallest absolute Gasteiger partial charge is 0.337 e. The summed E-state index contributed by atoms with van der Waals surface area (Å²) in [5, 5.41) is 6.60. The van der Waals surface area contributed by atoms with E-state index in [0.717, 1.165) is 29.4 Å². The van der Waals surface area contributed by atoms with Gasteiger partial charge in [0.15, 0.2) is 5.96 Å². The zero-order chi connectivity index (χ0) is 19.8. The number of nitrogens with zero attached hydrogens (tertiary/aromatic N) is 1. The molecule has 0 heterocycles. The van der Waals surface area contributed by atoms with Gasteiger partial charge in [0.25, 0.3) is 0 Å². The molecule has 0 saturated heterocycles. The summed E-state index contributed by atoms with van der Waals surface area (Å²) in [7, 11) is 3.12. The molecule has 1 aliphatic rings. The first-order valence-corrected chi connectivity index (χ1v) is 9.52. The van der Waals surface area contributed by atoms with Gasteiger partial charge in [-0.25, -0.2) is 4.79 Å². The van der Waals surface area contributed by atoms with Crippen LogP contribution in [0.2, 0.25) is 0 Å². The molecule has 0 atom stereocenters. The Morgan fingerprint density at radius 2 is 1.79 bits per heavy atom. The lowest BCUT2D eigenvalue weighted by Gasteiger charge is -2.15. The Labute approximate surface area is 166 Å². The van der Waals surface area contributed by atoms with Crippen molar-refractivity contribution in [3.05, 3.63) is 65.2 Å². The summed E-state index contributed by atoms with van der Waals surface area (Å²) >= 11 is 0. The molecule has 2 N–H and O–H groups in total. The Bertz CT molecular complexity index is 814. The number of hydrogen-bond donors (Lipinski definition) is 2. The molecule has 1 aliphatic carbocycles. The van der Waals surface area contributed by atoms with Gasteiger partial charge in [0.1, 0.15) is 5.75 Å². The maximum atomic E-state index is 11.5. The van der Waals surface area contributed by atoms with Gasteiger partial charge in [-0.3, -0.25) is 4.99 Å². The van der Waals surface area contributed by atoms with Crippen molar-refractivity contribution in [2.24, 2.45) is 10.9 Å². The van der Waals surface area contributed by atoms with Crippen LogP contribution in [-0.4, -0.2) is 32.7 Å². The predicted octanol–water partition coefficient (Wildman–Crippen LogP) is 3.13. The van der Waals surface area contributed by atoms with Crippen molar-refractivity contribution in [2.45, 2.75) is 25.9 Å². The molecule has 6 heteroatoms. The summed E-state index contributed by atoms with van der Waals surface area (Å²) in [4.78, 5) is 15.8. The van der Waals surface area contributed by atoms with E-state index in [9.17, 15) is 4.79 Å². The number of esters is 1. The summed E-state index contributed by atoms with van der Waals surface area (Å²) in [6.45, 7) is 2.02. The number of guanidine groups is 1. The lowest BCUT2D eigenvalue weighted by molar-refractivity contribution is 0.0600. The quantitative estimate of drug-likeness (QED) is 0.418. The van der Waals surface area contributed by atoms with Crippen LogP contribution in [0.15, 0.2) is 53.5 Å². The summed E-state index contributed by atoms with van der Waals surface area (Å²) < 4.78 is 10.7. The van der Waals surface area contributed by atoms with Crippen LogP contribution in [0.1, 0.15) is 34.3 Å². The van der Waals surface area contributed by atoms with E-state index in [1.807, 2.05) is 30.3 Å². The lowest BCUT2D eigenvalue weighted by atomic mass is 10.1. The van der Waals surface area contributed by atoms with Crippen LogP contribution in [0.25, 0.3) is 0 Å². The highest BCUT2D eigenvalue weighted by Crippen LogP contribution is 2.30. The molecule has 28 heavy (non-hydrogen) atoms. The third-order valence-electron chi connectivity index (χ3n) is 4.65. The van der Waals surface area contributed by atoms with Gasteiger partial charge < -0.3 is 20.1 Å². The maximum Gasteiger partial charge on any atom is 0.337 e. The largest absolute Gasteiger partial charge is 0.493 e. The third kappa shape index (κ3) is 5.74. The molecule has 0 spiro atoms. The molecule has 148 valence electrons. The second-order valence-corrected chi connectivity index (χ2v) is 6.83. The molecule has 0 amide bonds. The van der Waals surface area contributed by atoms with Crippen molar-refractivity contribution in [3.63, 3.8) is 0 Å². The van der Waals surface area contributed by atoms with Crippen LogP contribution < -0.4 is 15.4 Å². The van der Waals surface area contributed by atoms with E-state index < -0.39 is 0 Å². The van der Waals surface area contributed by atoms with Gasteiger partial charge in [0.05, 0.1) is 19.3 Å². The number of rotatable bonds is 8. The minimum atomic E-state index is -0.334. The Hall–Kier alpha value is -3.02. The fraction of sp³-hybridized carbons (Fsp3) is 0.364. The van der Waals surface area contributed by atoms with Crippen molar-refractivity contribution in [3.8, 4) is 5.75 Å². The van der Waals surface area contributed by atoms with E-state index >= 15 is 0 Å². The molecule has 0 aromatic heterocycles.